The third-order valence-electron chi connectivity index (χ3n) is 4.17. The molecule has 5 nitrogen and oxygen atoms in total. The number of fused-ring (bicyclic) bond motifs is 1. The van der Waals surface area contributed by atoms with Gasteiger partial charge in [-0.3, -0.25) is 14.2 Å². The Labute approximate surface area is 162 Å². The van der Waals surface area contributed by atoms with Gasteiger partial charge in [0.1, 0.15) is 12.0 Å². The molecule has 0 unspecified atom stereocenters. The van der Waals surface area contributed by atoms with Crippen LogP contribution in [0.3, 0.4) is 0 Å². The summed E-state index contributed by atoms with van der Waals surface area (Å²) in [6.07, 6.45) is 0.816. The van der Waals surface area contributed by atoms with Gasteiger partial charge in [0.25, 0.3) is 5.56 Å². The van der Waals surface area contributed by atoms with E-state index in [2.05, 4.69) is 13.8 Å². The van der Waals surface area contributed by atoms with Crippen molar-refractivity contribution < 1.29 is 9.53 Å². The van der Waals surface area contributed by atoms with E-state index in [1.165, 1.54) is 11.8 Å². The second-order valence-corrected chi connectivity index (χ2v) is 7.64. The fraction of sp³-hybridized carbons (Fsp3) is 0.286. The molecule has 0 atom stereocenters. The normalized spacial score (nSPS) is 11.1. The van der Waals surface area contributed by atoms with Crippen molar-refractivity contribution in [2.45, 2.75) is 31.3 Å². The molecule has 140 valence electrons. The topological polar surface area (TPSA) is 61.2 Å². The molecule has 3 aromatic rings. The molecule has 0 aliphatic rings. The summed E-state index contributed by atoms with van der Waals surface area (Å²) in [7, 11) is 1.60. The van der Waals surface area contributed by atoms with E-state index in [0.29, 0.717) is 45.6 Å². The lowest BCUT2D eigenvalue weighted by Crippen LogP contribution is -2.25. The van der Waals surface area contributed by atoms with Crippen LogP contribution in [0.15, 0.2) is 52.4 Å². The van der Waals surface area contributed by atoms with Crippen LogP contribution in [0.4, 0.5) is 0 Å². The Kier molecular flexibility index (Phi) is 5.96. The van der Waals surface area contributed by atoms with Gasteiger partial charge in [-0.25, -0.2) is 4.98 Å². The first-order chi connectivity index (χ1) is 13.0. The van der Waals surface area contributed by atoms with Gasteiger partial charge in [-0.05, 0) is 36.2 Å². The number of benzene rings is 2. The van der Waals surface area contributed by atoms with E-state index >= 15 is 0 Å². The lowest BCUT2D eigenvalue weighted by molar-refractivity contribution is 0.112. The van der Waals surface area contributed by atoms with E-state index in [9.17, 15) is 9.59 Å². The van der Waals surface area contributed by atoms with Gasteiger partial charge in [0.2, 0.25) is 0 Å². The van der Waals surface area contributed by atoms with Gasteiger partial charge in [-0.1, -0.05) is 37.7 Å². The third-order valence-corrected chi connectivity index (χ3v) is 5.20. The van der Waals surface area contributed by atoms with Crippen LogP contribution in [-0.4, -0.2) is 22.9 Å². The lowest BCUT2D eigenvalue weighted by Gasteiger charge is -2.15. The molecule has 0 aliphatic carbocycles. The summed E-state index contributed by atoms with van der Waals surface area (Å²) >= 11 is 1.48. The van der Waals surface area contributed by atoms with Crippen LogP contribution in [0.5, 0.6) is 5.75 Å². The molecule has 0 radical (unpaired) electrons. The number of thioether (sulfide) groups is 1. The molecule has 0 N–H and O–H groups in total. The van der Waals surface area contributed by atoms with Gasteiger partial charge in [-0.15, -0.1) is 0 Å². The largest absolute Gasteiger partial charge is 0.496 e. The molecule has 1 aromatic heterocycles. The molecular formula is C21H22N2O3S. The van der Waals surface area contributed by atoms with Crippen LogP contribution in [0.2, 0.25) is 0 Å². The summed E-state index contributed by atoms with van der Waals surface area (Å²) in [5, 5.41) is 1.30. The summed E-state index contributed by atoms with van der Waals surface area (Å²) in [4.78, 5) is 28.8. The number of carbonyl (C=O) groups excluding carboxylic acids is 1. The number of hydrogen-bond acceptors (Lipinski definition) is 5. The molecule has 2 aromatic carbocycles. The number of nitrogens with zero attached hydrogens (tertiary/aromatic N) is 2. The molecule has 0 saturated heterocycles. The first-order valence-electron chi connectivity index (χ1n) is 8.78. The van der Waals surface area contributed by atoms with Crippen molar-refractivity contribution in [3.8, 4) is 5.75 Å². The highest BCUT2D eigenvalue weighted by molar-refractivity contribution is 7.98. The molecule has 3 rings (SSSR count). The minimum absolute atomic E-state index is 0.0228. The van der Waals surface area contributed by atoms with E-state index in [4.69, 9.17) is 9.72 Å². The molecule has 0 fully saturated rings. The third kappa shape index (κ3) is 4.22. The molecule has 0 aliphatic heterocycles. The van der Waals surface area contributed by atoms with E-state index < -0.39 is 0 Å². The molecule has 27 heavy (non-hydrogen) atoms. The Balaban J connectivity index is 2.01. The molecule has 0 saturated carbocycles. The highest BCUT2D eigenvalue weighted by Crippen LogP contribution is 2.28. The maximum Gasteiger partial charge on any atom is 0.262 e. The number of aromatic nitrogens is 2. The van der Waals surface area contributed by atoms with Crippen LogP contribution in [0.25, 0.3) is 10.9 Å². The zero-order valence-electron chi connectivity index (χ0n) is 15.6. The van der Waals surface area contributed by atoms with Crippen molar-refractivity contribution in [1.29, 1.82) is 0 Å². The second-order valence-electron chi connectivity index (χ2n) is 6.70. The predicted octanol–water partition coefficient (Wildman–Crippen LogP) is 4.17. The van der Waals surface area contributed by atoms with Crippen molar-refractivity contribution in [2.75, 3.05) is 7.11 Å². The molecule has 1 heterocycles. The summed E-state index contributed by atoms with van der Waals surface area (Å²) in [6.45, 7) is 4.75. The smallest absolute Gasteiger partial charge is 0.262 e. The van der Waals surface area contributed by atoms with Gasteiger partial charge < -0.3 is 4.74 Å². The Morgan fingerprint density at radius 3 is 2.70 bits per heavy atom. The highest BCUT2D eigenvalue weighted by atomic mass is 32.2. The van der Waals surface area contributed by atoms with Crippen LogP contribution in [0, 0.1) is 5.92 Å². The number of methoxy groups -OCH3 is 1. The number of carbonyl (C=O) groups is 1. The van der Waals surface area contributed by atoms with Crippen molar-refractivity contribution >= 4 is 29.0 Å². The Morgan fingerprint density at radius 1 is 1.22 bits per heavy atom. The predicted molar refractivity (Wildman–Crippen MR) is 109 cm³/mol. The van der Waals surface area contributed by atoms with Crippen molar-refractivity contribution in [1.82, 2.24) is 9.55 Å². The van der Waals surface area contributed by atoms with Crippen LogP contribution in [-0.2, 0) is 12.3 Å². The van der Waals surface area contributed by atoms with Gasteiger partial charge in [0, 0.05) is 23.4 Å². The first-order valence-corrected chi connectivity index (χ1v) is 9.76. The standard InChI is InChI=1S/C21H22N2O3S/c1-14(2)11-23-20(25)17-6-4-5-7-18(17)22-21(23)27-13-16-10-15(12-24)8-9-19(16)26-3/h4-10,12,14H,11,13H2,1-3H3. The zero-order chi connectivity index (χ0) is 19.4. The second kappa shape index (κ2) is 8.39. The van der Waals surface area contributed by atoms with E-state index in [-0.39, 0.29) is 5.56 Å². The number of rotatable bonds is 7. The maximum atomic E-state index is 13.0. The summed E-state index contributed by atoms with van der Waals surface area (Å²) in [5.74, 6) is 1.58. The average Bonchev–Trinajstić information content (AvgIpc) is 2.68. The van der Waals surface area contributed by atoms with Crippen LogP contribution in [0.1, 0.15) is 29.8 Å². The zero-order valence-corrected chi connectivity index (χ0v) is 16.5. The van der Waals surface area contributed by atoms with E-state index in [1.807, 2.05) is 30.3 Å². The average molecular weight is 382 g/mol. The fourth-order valence-corrected chi connectivity index (χ4v) is 3.90. The Hall–Kier alpha value is -2.60. The van der Waals surface area contributed by atoms with Crippen LogP contribution >= 0.6 is 11.8 Å². The number of ether oxygens (including phenoxy) is 1. The van der Waals surface area contributed by atoms with E-state index in [0.717, 1.165) is 11.8 Å². The Morgan fingerprint density at radius 2 is 2.00 bits per heavy atom. The summed E-state index contributed by atoms with van der Waals surface area (Å²) in [6, 6.07) is 12.7. The van der Waals surface area contributed by atoms with Crippen molar-refractivity contribution in [3.05, 3.63) is 63.9 Å². The van der Waals surface area contributed by atoms with Gasteiger partial charge in [0.05, 0.1) is 18.0 Å². The number of aldehydes is 1. The van der Waals surface area contributed by atoms with Gasteiger partial charge in [-0.2, -0.15) is 0 Å². The number of para-hydroxylation sites is 1. The Bertz CT molecular complexity index is 1030. The highest BCUT2D eigenvalue weighted by Gasteiger charge is 2.14. The van der Waals surface area contributed by atoms with Crippen LogP contribution < -0.4 is 10.3 Å². The first kappa shape index (κ1) is 19.2. The van der Waals surface area contributed by atoms with E-state index in [1.54, 1.807) is 23.8 Å². The van der Waals surface area contributed by atoms with Crippen molar-refractivity contribution in [2.24, 2.45) is 5.92 Å². The SMILES string of the molecule is COc1ccc(C=O)cc1CSc1nc2ccccc2c(=O)n1CC(C)C. The molecular weight excluding hydrogens is 360 g/mol. The van der Waals surface area contributed by atoms with Gasteiger partial charge in [0.15, 0.2) is 5.16 Å². The molecule has 6 heteroatoms. The minimum Gasteiger partial charge on any atom is -0.496 e. The molecule has 0 spiro atoms. The fourth-order valence-electron chi connectivity index (χ4n) is 2.91. The minimum atomic E-state index is -0.0228. The maximum absolute atomic E-state index is 13.0. The van der Waals surface area contributed by atoms with Crippen molar-refractivity contribution in [3.63, 3.8) is 0 Å². The molecule has 0 bridgehead atoms. The molecule has 0 amide bonds. The summed E-state index contributed by atoms with van der Waals surface area (Å²) < 4.78 is 7.15. The quantitative estimate of drug-likeness (QED) is 0.349. The summed E-state index contributed by atoms with van der Waals surface area (Å²) in [5.41, 5.74) is 2.16. The number of hydrogen-bond donors (Lipinski definition) is 0. The van der Waals surface area contributed by atoms with Gasteiger partial charge >= 0.3 is 0 Å². The lowest BCUT2D eigenvalue weighted by atomic mass is 10.1. The monoisotopic (exact) mass is 382 g/mol.